The van der Waals surface area contributed by atoms with Crippen molar-refractivity contribution in [3.05, 3.63) is 96.1 Å². The van der Waals surface area contributed by atoms with Crippen molar-refractivity contribution in [2.45, 2.75) is 77.4 Å². The van der Waals surface area contributed by atoms with E-state index >= 15 is 0 Å². The molecule has 3 aromatic carbocycles. The van der Waals surface area contributed by atoms with Crippen molar-refractivity contribution >= 4 is 23.6 Å². The Balaban J connectivity index is 1.34. The number of esters is 2. The Labute approximate surface area is 265 Å². The number of amides is 1. The van der Waals surface area contributed by atoms with Crippen LogP contribution in [0.1, 0.15) is 69.4 Å². The van der Waals surface area contributed by atoms with E-state index in [-0.39, 0.29) is 37.7 Å². The summed E-state index contributed by atoms with van der Waals surface area (Å²) in [4.78, 5) is 55.7. The van der Waals surface area contributed by atoms with E-state index in [0.29, 0.717) is 38.6 Å². The largest absolute Gasteiger partial charge is 0.464 e. The van der Waals surface area contributed by atoms with Crippen LogP contribution in [0.3, 0.4) is 0 Å². The molecule has 5 rings (SSSR count). The van der Waals surface area contributed by atoms with Crippen molar-refractivity contribution in [1.82, 2.24) is 4.90 Å². The highest BCUT2D eigenvalue weighted by atomic mass is 16.5. The first-order chi connectivity index (χ1) is 21.9. The third-order valence-electron chi connectivity index (χ3n) is 9.30. The van der Waals surface area contributed by atoms with Crippen LogP contribution in [0.15, 0.2) is 84.9 Å². The molecule has 1 saturated carbocycles. The molecule has 0 unspecified atom stereocenters. The molecule has 2 fully saturated rings. The van der Waals surface area contributed by atoms with Crippen molar-refractivity contribution < 1.29 is 28.7 Å². The Morgan fingerprint density at radius 2 is 1.44 bits per heavy atom. The first kappa shape index (κ1) is 32.1. The number of carbonyl (C=O) groups is 4. The quantitative estimate of drug-likeness (QED) is 0.200. The van der Waals surface area contributed by atoms with E-state index in [0.717, 1.165) is 35.1 Å². The molecule has 0 N–H and O–H groups in total. The number of ketones is 1. The summed E-state index contributed by atoms with van der Waals surface area (Å²) in [6.45, 7) is 2.62. The molecular formula is C38H43NO6. The number of rotatable bonds is 13. The maximum Gasteiger partial charge on any atom is 0.328 e. The van der Waals surface area contributed by atoms with Gasteiger partial charge in [0.05, 0.1) is 13.0 Å². The topological polar surface area (TPSA) is 90.0 Å². The van der Waals surface area contributed by atoms with Gasteiger partial charge in [0.15, 0.2) is 0 Å². The van der Waals surface area contributed by atoms with Gasteiger partial charge in [0.25, 0.3) is 0 Å². The molecule has 7 heteroatoms. The van der Waals surface area contributed by atoms with Gasteiger partial charge in [0, 0.05) is 24.3 Å². The summed E-state index contributed by atoms with van der Waals surface area (Å²) in [6.07, 6.45) is 4.57. The zero-order valence-electron chi connectivity index (χ0n) is 26.1. The molecule has 1 aliphatic heterocycles. The van der Waals surface area contributed by atoms with Crippen LogP contribution in [0.4, 0.5) is 0 Å². The van der Waals surface area contributed by atoms with Gasteiger partial charge in [0.2, 0.25) is 5.91 Å². The predicted molar refractivity (Wildman–Crippen MR) is 172 cm³/mol. The fourth-order valence-corrected chi connectivity index (χ4v) is 6.86. The average Bonchev–Trinajstić information content (AvgIpc) is 3.76. The minimum atomic E-state index is -0.838. The Morgan fingerprint density at radius 3 is 2.11 bits per heavy atom. The number of benzene rings is 3. The maximum absolute atomic E-state index is 14.2. The van der Waals surface area contributed by atoms with Gasteiger partial charge >= 0.3 is 11.9 Å². The Morgan fingerprint density at radius 1 is 0.800 bits per heavy atom. The monoisotopic (exact) mass is 609 g/mol. The Kier molecular flexibility index (Phi) is 10.8. The van der Waals surface area contributed by atoms with Crippen molar-refractivity contribution in [3.8, 4) is 11.1 Å². The lowest BCUT2D eigenvalue weighted by Crippen LogP contribution is -2.46. The lowest BCUT2D eigenvalue weighted by molar-refractivity contribution is -0.155. The number of Topliss-reactive ketones (excluding diaryl/α,β-unsaturated/α-hetero) is 1. The fourth-order valence-electron chi connectivity index (χ4n) is 6.86. The minimum Gasteiger partial charge on any atom is -0.464 e. The standard InChI is InChI=1S/C38H43NO6/c1-2-44-37(43)33-16-11-23-39(33)36(42)32(24-28-17-19-31(20-18-28)30-14-7-4-8-15-30)25-34(40)38(21-9-10-22-38)26-35(41)45-27-29-12-5-3-6-13-29/h3-8,12-15,17-20,32-33H,2,9-11,16,21-27H2,1H3/t32-,33+/m1/s1. The maximum atomic E-state index is 14.2. The van der Waals surface area contributed by atoms with Gasteiger partial charge in [-0.3, -0.25) is 14.4 Å². The van der Waals surface area contributed by atoms with Gasteiger partial charge in [-0.1, -0.05) is 97.8 Å². The van der Waals surface area contributed by atoms with Crippen LogP contribution < -0.4 is 0 Å². The molecule has 1 amide bonds. The minimum absolute atomic E-state index is 0.0112. The SMILES string of the molecule is CCOC(=O)[C@@H]1CCCN1C(=O)[C@@H](CC(=O)C1(CC(=O)OCc2ccccc2)CCCC1)Cc1ccc(-c2ccccc2)cc1. The lowest BCUT2D eigenvalue weighted by atomic mass is 9.74. The molecule has 0 spiro atoms. The summed E-state index contributed by atoms with van der Waals surface area (Å²) in [6, 6.07) is 27.0. The van der Waals surface area contributed by atoms with E-state index in [9.17, 15) is 19.2 Å². The van der Waals surface area contributed by atoms with Crippen LogP contribution in [0, 0.1) is 11.3 Å². The molecule has 1 heterocycles. The molecule has 3 aromatic rings. The normalized spacial score (nSPS) is 17.9. The molecule has 2 atom stereocenters. The van der Waals surface area contributed by atoms with Gasteiger partial charge < -0.3 is 14.4 Å². The first-order valence-electron chi connectivity index (χ1n) is 16.2. The Bertz CT molecular complexity index is 1450. The average molecular weight is 610 g/mol. The molecule has 45 heavy (non-hydrogen) atoms. The van der Waals surface area contributed by atoms with Gasteiger partial charge in [-0.2, -0.15) is 0 Å². The molecule has 7 nitrogen and oxygen atoms in total. The molecule has 0 radical (unpaired) electrons. The van der Waals surface area contributed by atoms with Crippen LogP contribution in [-0.4, -0.2) is 47.7 Å². The number of ether oxygens (including phenoxy) is 2. The van der Waals surface area contributed by atoms with Gasteiger partial charge in [-0.25, -0.2) is 4.79 Å². The van der Waals surface area contributed by atoms with Crippen molar-refractivity contribution in [1.29, 1.82) is 0 Å². The molecule has 0 bridgehead atoms. The highest BCUT2D eigenvalue weighted by Gasteiger charge is 2.45. The molecule has 1 aliphatic carbocycles. The zero-order chi connectivity index (χ0) is 31.6. The van der Waals surface area contributed by atoms with E-state index in [1.807, 2.05) is 72.8 Å². The van der Waals surface area contributed by atoms with E-state index in [1.165, 1.54) is 0 Å². The number of likely N-dealkylation sites (tertiary alicyclic amines) is 1. The molecule has 0 aromatic heterocycles. The number of nitrogens with zero attached hydrogens (tertiary/aromatic N) is 1. The second kappa shape index (κ2) is 15.2. The smallest absolute Gasteiger partial charge is 0.328 e. The second-order valence-corrected chi connectivity index (χ2v) is 12.3. The van der Waals surface area contributed by atoms with E-state index in [4.69, 9.17) is 9.47 Å². The van der Waals surface area contributed by atoms with Gasteiger partial charge in [0.1, 0.15) is 18.4 Å². The Hall–Kier alpha value is -4.26. The zero-order valence-corrected chi connectivity index (χ0v) is 26.1. The fraction of sp³-hybridized carbons (Fsp3) is 0.421. The lowest BCUT2D eigenvalue weighted by Gasteiger charge is -2.31. The number of carbonyl (C=O) groups excluding carboxylic acids is 4. The van der Waals surface area contributed by atoms with Crippen molar-refractivity contribution in [3.63, 3.8) is 0 Å². The summed E-state index contributed by atoms with van der Waals surface area (Å²) in [5.41, 5.74) is 3.16. The number of hydrogen-bond acceptors (Lipinski definition) is 6. The molecule has 2 aliphatic rings. The van der Waals surface area contributed by atoms with Crippen molar-refractivity contribution in [2.75, 3.05) is 13.2 Å². The van der Waals surface area contributed by atoms with Crippen LogP contribution in [0.25, 0.3) is 11.1 Å². The first-order valence-corrected chi connectivity index (χ1v) is 16.2. The van der Waals surface area contributed by atoms with Crippen LogP contribution in [-0.2, 0) is 41.7 Å². The molecule has 1 saturated heterocycles. The summed E-state index contributed by atoms with van der Waals surface area (Å²) in [5.74, 6) is -1.72. The van der Waals surface area contributed by atoms with E-state index in [1.54, 1.807) is 11.8 Å². The highest BCUT2D eigenvalue weighted by molar-refractivity contribution is 5.94. The van der Waals surface area contributed by atoms with Crippen LogP contribution in [0.5, 0.6) is 0 Å². The second-order valence-electron chi connectivity index (χ2n) is 12.3. The summed E-state index contributed by atoms with van der Waals surface area (Å²) >= 11 is 0. The van der Waals surface area contributed by atoms with Gasteiger partial charge in [-0.15, -0.1) is 0 Å². The highest BCUT2D eigenvalue weighted by Crippen LogP contribution is 2.44. The predicted octanol–water partition coefficient (Wildman–Crippen LogP) is 6.72. The van der Waals surface area contributed by atoms with E-state index in [2.05, 4.69) is 12.1 Å². The molecule has 236 valence electrons. The third-order valence-corrected chi connectivity index (χ3v) is 9.30. The number of hydrogen-bond donors (Lipinski definition) is 0. The third kappa shape index (κ3) is 8.07. The summed E-state index contributed by atoms with van der Waals surface area (Å²) in [7, 11) is 0. The van der Waals surface area contributed by atoms with E-state index < -0.39 is 29.3 Å². The van der Waals surface area contributed by atoms with Crippen LogP contribution in [0.2, 0.25) is 0 Å². The summed E-state index contributed by atoms with van der Waals surface area (Å²) < 4.78 is 10.9. The van der Waals surface area contributed by atoms with Crippen molar-refractivity contribution in [2.24, 2.45) is 11.3 Å². The van der Waals surface area contributed by atoms with Gasteiger partial charge in [-0.05, 0) is 61.3 Å². The molecular weight excluding hydrogens is 566 g/mol. The summed E-state index contributed by atoms with van der Waals surface area (Å²) in [5, 5.41) is 0. The van der Waals surface area contributed by atoms with Crippen LogP contribution >= 0.6 is 0 Å².